The number of ether oxygens (including phenoxy) is 1. The van der Waals surface area contributed by atoms with Crippen LogP contribution in [-0.2, 0) is 4.74 Å². The fourth-order valence-corrected chi connectivity index (χ4v) is 1.17. The maximum atomic E-state index is 11.2. The summed E-state index contributed by atoms with van der Waals surface area (Å²) in [6.45, 7) is 0. The molecule has 1 aromatic rings. The lowest BCUT2D eigenvalue weighted by atomic mass is 10.2. The zero-order valence-electron chi connectivity index (χ0n) is 7.45. The number of hydrogen-bond donors (Lipinski definition) is 0. The normalized spacial score (nSPS) is 9.46. The predicted octanol–water partition coefficient (Wildman–Crippen LogP) is 2.06. The molecule has 0 spiro atoms. The number of carbonyl (C=O) groups is 1. The number of para-hydroxylation sites is 1. The number of benzene rings is 1. The Hall–Kier alpha value is -1.22. The molecule has 0 aliphatic heterocycles. The summed E-state index contributed by atoms with van der Waals surface area (Å²) in [6, 6.07) is 6.98. The highest BCUT2D eigenvalue weighted by Gasteiger charge is 2.12. The van der Waals surface area contributed by atoms with Gasteiger partial charge in [-0.2, -0.15) is 0 Å². The van der Waals surface area contributed by atoms with Crippen molar-refractivity contribution in [3.8, 4) is 0 Å². The zero-order valence-corrected chi connectivity index (χ0v) is 8.21. The lowest BCUT2D eigenvalue weighted by Crippen LogP contribution is -2.09. The van der Waals surface area contributed by atoms with Crippen LogP contribution in [0.1, 0.15) is 10.4 Å². The molecule has 0 unspecified atom stereocenters. The molecule has 3 nitrogen and oxygen atoms in total. The Kier molecular flexibility index (Phi) is 3.14. The molecule has 0 saturated carbocycles. The van der Waals surface area contributed by atoms with E-state index in [1.165, 1.54) is 11.5 Å². The van der Waals surface area contributed by atoms with Crippen LogP contribution in [0.25, 0.3) is 0 Å². The van der Waals surface area contributed by atoms with Gasteiger partial charge in [0, 0.05) is 18.8 Å². The SMILES string of the molecule is COC(=O)c1ccccc1N(C)Cl. The molecule has 1 aromatic carbocycles. The Balaban J connectivity index is 3.12. The highest BCUT2D eigenvalue weighted by molar-refractivity contribution is 6.26. The van der Waals surface area contributed by atoms with Gasteiger partial charge < -0.3 is 4.74 Å². The molecule has 0 aliphatic carbocycles. The third-order valence-electron chi connectivity index (χ3n) is 1.64. The van der Waals surface area contributed by atoms with Gasteiger partial charge in [-0.3, -0.25) is 4.42 Å². The Morgan fingerprint density at radius 2 is 2.08 bits per heavy atom. The highest BCUT2D eigenvalue weighted by atomic mass is 35.5. The molecule has 0 bridgehead atoms. The lowest BCUT2D eigenvalue weighted by molar-refractivity contribution is 0.0601. The Bertz CT molecular complexity index is 312. The first kappa shape index (κ1) is 9.86. The third-order valence-corrected chi connectivity index (χ3v) is 1.82. The highest BCUT2D eigenvalue weighted by Crippen LogP contribution is 2.20. The first-order valence-corrected chi connectivity index (χ1v) is 4.07. The van der Waals surface area contributed by atoms with E-state index in [9.17, 15) is 4.79 Å². The van der Waals surface area contributed by atoms with Crippen molar-refractivity contribution in [3.63, 3.8) is 0 Å². The standard InChI is InChI=1S/C9H10ClNO2/c1-11(10)8-6-4-3-5-7(8)9(12)13-2/h3-6H,1-2H3. The van der Waals surface area contributed by atoms with Crippen molar-refractivity contribution in [2.45, 2.75) is 0 Å². The molecule has 0 heterocycles. The fourth-order valence-electron chi connectivity index (χ4n) is 1.02. The Morgan fingerprint density at radius 1 is 1.46 bits per heavy atom. The van der Waals surface area contributed by atoms with Crippen LogP contribution in [0.4, 0.5) is 5.69 Å². The predicted molar refractivity (Wildman–Crippen MR) is 52.0 cm³/mol. The summed E-state index contributed by atoms with van der Waals surface area (Å²) in [5, 5.41) is 0. The fraction of sp³-hybridized carbons (Fsp3) is 0.222. The van der Waals surface area contributed by atoms with Crippen molar-refractivity contribution in [1.29, 1.82) is 0 Å². The second kappa shape index (κ2) is 4.14. The van der Waals surface area contributed by atoms with E-state index < -0.39 is 0 Å². The molecule has 0 fully saturated rings. The maximum Gasteiger partial charge on any atom is 0.340 e. The van der Waals surface area contributed by atoms with Gasteiger partial charge in [-0.1, -0.05) is 12.1 Å². The third kappa shape index (κ3) is 2.12. The number of methoxy groups -OCH3 is 1. The average Bonchev–Trinajstić information content (AvgIpc) is 2.16. The van der Waals surface area contributed by atoms with E-state index in [0.29, 0.717) is 11.3 Å². The minimum absolute atomic E-state index is 0.386. The summed E-state index contributed by atoms with van der Waals surface area (Å²) in [4.78, 5) is 11.2. The lowest BCUT2D eigenvalue weighted by Gasteiger charge is -2.12. The number of carbonyl (C=O) groups excluding carboxylic acids is 1. The van der Waals surface area contributed by atoms with E-state index in [2.05, 4.69) is 4.74 Å². The number of halogens is 1. The molecule has 0 N–H and O–H groups in total. The van der Waals surface area contributed by atoms with Gasteiger partial charge in [0.05, 0.1) is 18.4 Å². The van der Waals surface area contributed by atoms with Crippen LogP contribution in [0, 0.1) is 0 Å². The largest absolute Gasteiger partial charge is 0.465 e. The number of anilines is 1. The summed E-state index contributed by atoms with van der Waals surface area (Å²) in [5.74, 6) is -0.386. The monoisotopic (exact) mass is 199 g/mol. The van der Waals surface area contributed by atoms with Gasteiger partial charge in [0.2, 0.25) is 0 Å². The summed E-state index contributed by atoms with van der Waals surface area (Å²) < 4.78 is 5.96. The van der Waals surface area contributed by atoms with Crippen molar-refractivity contribution < 1.29 is 9.53 Å². The van der Waals surface area contributed by atoms with Crippen molar-refractivity contribution in [1.82, 2.24) is 0 Å². The second-order valence-electron chi connectivity index (χ2n) is 2.49. The zero-order chi connectivity index (χ0) is 9.84. The van der Waals surface area contributed by atoms with Crippen LogP contribution >= 0.6 is 11.8 Å². The number of nitrogens with zero attached hydrogens (tertiary/aromatic N) is 1. The summed E-state index contributed by atoms with van der Waals surface area (Å²) >= 11 is 5.73. The molecule has 0 saturated heterocycles. The van der Waals surface area contributed by atoms with Crippen LogP contribution in [0.5, 0.6) is 0 Å². The first-order chi connectivity index (χ1) is 6.16. The van der Waals surface area contributed by atoms with Gasteiger partial charge in [-0.25, -0.2) is 4.79 Å². The minimum Gasteiger partial charge on any atom is -0.465 e. The molecule has 4 heteroatoms. The van der Waals surface area contributed by atoms with E-state index >= 15 is 0 Å². The van der Waals surface area contributed by atoms with E-state index in [-0.39, 0.29) is 5.97 Å². The first-order valence-electron chi connectivity index (χ1n) is 3.73. The number of esters is 1. The molecule has 1 rings (SSSR count). The van der Waals surface area contributed by atoms with Crippen LogP contribution < -0.4 is 4.42 Å². The van der Waals surface area contributed by atoms with Crippen LogP contribution in [-0.4, -0.2) is 20.1 Å². The van der Waals surface area contributed by atoms with E-state index in [0.717, 1.165) is 0 Å². The Labute approximate surface area is 82.0 Å². The molecule has 0 radical (unpaired) electrons. The van der Waals surface area contributed by atoms with Crippen molar-refractivity contribution in [2.24, 2.45) is 0 Å². The van der Waals surface area contributed by atoms with Gasteiger partial charge in [-0.15, -0.1) is 0 Å². The molecular weight excluding hydrogens is 190 g/mol. The summed E-state index contributed by atoms with van der Waals surface area (Å²) in [6.07, 6.45) is 0. The van der Waals surface area contributed by atoms with Gasteiger partial charge in [0.15, 0.2) is 0 Å². The number of rotatable bonds is 2. The van der Waals surface area contributed by atoms with E-state index in [4.69, 9.17) is 11.8 Å². The minimum atomic E-state index is -0.386. The quantitative estimate of drug-likeness (QED) is 0.540. The van der Waals surface area contributed by atoms with Crippen molar-refractivity contribution >= 4 is 23.4 Å². The van der Waals surface area contributed by atoms with Crippen LogP contribution in [0.15, 0.2) is 24.3 Å². The molecule has 0 amide bonds. The summed E-state index contributed by atoms with van der Waals surface area (Å²) in [7, 11) is 3.00. The topological polar surface area (TPSA) is 29.5 Å². The van der Waals surface area contributed by atoms with Gasteiger partial charge in [0.1, 0.15) is 0 Å². The number of hydrogen-bond acceptors (Lipinski definition) is 3. The molecular formula is C9H10ClNO2. The summed E-state index contributed by atoms with van der Waals surface area (Å²) in [5.41, 5.74) is 1.10. The second-order valence-corrected chi connectivity index (χ2v) is 2.99. The molecule has 70 valence electrons. The maximum absolute atomic E-state index is 11.2. The van der Waals surface area contributed by atoms with Gasteiger partial charge in [0.25, 0.3) is 0 Å². The van der Waals surface area contributed by atoms with Crippen molar-refractivity contribution in [2.75, 3.05) is 18.6 Å². The van der Waals surface area contributed by atoms with Gasteiger partial charge >= 0.3 is 5.97 Å². The van der Waals surface area contributed by atoms with Crippen molar-refractivity contribution in [3.05, 3.63) is 29.8 Å². The van der Waals surface area contributed by atoms with E-state index in [1.54, 1.807) is 31.3 Å². The smallest absolute Gasteiger partial charge is 0.340 e. The molecule has 0 aliphatic rings. The average molecular weight is 200 g/mol. The van der Waals surface area contributed by atoms with Gasteiger partial charge in [-0.05, 0) is 12.1 Å². The Morgan fingerprint density at radius 3 is 2.62 bits per heavy atom. The van der Waals surface area contributed by atoms with E-state index in [1.807, 2.05) is 0 Å². The van der Waals surface area contributed by atoms with Crippen LogP contribution in [0.2, 0.25) is 0 Å². The molecule has 13 heavy (non-hydrogen) atoms. The molecule has 0 atom stereocenters. The van der Waals surface area contributed by atoms with Crippen LogP contribution in [0.3, 0.4) is 0 Å². The molecule has 0 aromatic heterocycles.